The number of halogens is 2. The highest BCUT2D eigenvalue weighted by Crippen LogP contribution is 2.19. The minimum atomic E-state index is -2.86. The third kappa shape index (κ3) is 6.81. The fraction of sp³-hybridized carbons (Fsp3) is 0.562. The van der Waals surface area contributed by atoms with Crippen LogP contribution in [0.25, 0.3) is 0 Å². The second-order valence-corrected chi connectivity index (χ2v) is 5.48. The molecule has 130 valence electrons. The number of hydrogen-bond donors (Lipinski definition) is 3. The molecule has 0 aromatic heterocycles. The zero-order chi connectivity index (χ0) is 17.4. The average Bonchev–Trinajstić information content (AvgIpc) is 2.51. The van der Waals surface area contributed by atoms with Crippen molar-refractivity contribution in [2.75, 3.05) is 6.54 Å². The molecule has 0 aliphatic carbocycles. The summed E-state index contributed by atoms with van der Waals surface area (Å²) in [6, 6.07) is 5.35. The summed E-state index contributed by atoms with van der Waals surface area (Å²) in [7, 11) is 0. The molecule has 3 N–H and O–H groups in total. The van der Waals surface area contributed by atoms with Crippen LogP contribution < -0.4 is 15.4 Å². The molecule has 23 heavy (non-hydrogen) atoms. The van der Waals surface area contributed by atoms with Gasteiger partial charge >= 0.3 is 12.6 Å². The number of aliphatic hydroxyl groups is 1. The number of ether oxygens (including phenoxy) is 1. The van der Waals surface area contributed by atoms with Crippen LogP contribution in [-0.2, 0) is 0 Å². The van der Waals surface area contributed by atoms with E-state index in [4.69, 9.17) is 0 Å². The van der Waals surface area contributed by atoms with Crippen LogP contribution in [0.15, 0.2) is 24.3 Å². The van der Waals surface area contributed by atoms with Crippen molar-refractivity contribution in [2.45, 2.75) is 45.9 Å². The molecular formula is C16H24F2N2O3. The number of carbonyl (C=O) groups is 1. The predicted molar refractivity (Wildman–Crippen MR) is 83.5 cm³/mol. The summed E-state index contributed by atoms with van der Waals surface area (Å²) >= 11 is 0. The maximum absolute atomic E-state index is 12.1. The Kier molecular flexibility index (Phi) is 7.74. The molecule has 0 fully saturated rings. The first-order valence-electron chi connectivity index (χ1n) is 7.60. The topological polar surface area (TPSA) is 70.6 Å². The Balaban J connectivity index is 2.45. The molecule has 0 bridgehead atoms. The lowest BCUT2D eigenvalue weighted by atomic mass is 10.0. The summed E-state index contributed by atoms with van der Waals surface area (Å²) in [4.78, 5) is 11.8. The quantitative estimate of drug-likeness (QED) is 0.686. The van der Waals surface area contributed by atoms with Gasteiger partial charge in [0.15, 0.2) is 0 Å². The summed E-state index contributed by atoms with van der Waals surface area (Å²) in [6.07, 6.45) is 0.236. The van der Waals surface area contributed by atoms with E-state index in [1.54, 1.807) is 19.1 Å². The van der Waals surface area contributed by atoms with E-state index in [-0.39, 0.29) is 24.3 Å². The van der Waals surface area contributed by atoms with Gasteiger partial charge < -0.3 is 20.5 Å². The number of benzene rings is 1. The molecule has 3 atom stereocenters. The molecule has 1 aromatic carbocycles. The molecule has 0 aliphatic rings. The maximum atomic E-state index is 12.1. The van der Waals surface area contributed by atoms with Gasteiger partial charge in [0.25, 0.3) is 0 Å². The van der Waals surface area contributed by atoms with Gasteiger partial charge in [-0.1, -0.05) is 32.4 Å². The monoisotopic (exact) mass is 330 g/mol. The van der Waals surface area contributed by atoms with Crippen molar-refractivity contribution in [3.63, 3.8) is 0 Å². The minimum absolute atomic E-state index is 0.0667. The predicted octanol–water partition coefficient (Wildman–Crippen LogP) is 3.06. The average molecular weight is 330 g/mol. The van der Waals surface area contributed by atoms with Crippen molar-refractivity contribution in [1.29, 1.82) is 0 Å². The largest absolute Gasteiger partial charge is 0.435 e. The summed E-state index contributed by atoms with van der Waals surface area (Å²) < 4.78 is 28.4. The number of carbonyl (C=O) groups excluding carboxylic acids is 1. The van der Waals surface area contributed by atoms with Crippen LogP contribution in [-0.4, -0.2) is 30.4 Å². The van der Waals surface area contributed by atoms with Gasteiger partial charge in [-0.05, 0) is 30.5 Å². The van der Waals surface area contributed by atoms with Gasteiger partial charge in [-0.2, -0.15) is 8.78 Å². The second kappa shape index (κ2) is 9.29. The Morgan fingerprint density at radius 1 is 1.26 bits per heavy atom. The molecule has 3 unspecified atom stereocenters. The zero-order valence-electron chi connectivity index (χ0n) is 13.6. The van der Waals surface area contributed by atoms with E-state index in [2.05, 4.69) is 15.4 Å². The molecule has 1 rings (SSSR count). The number of alkyl halides is 2. The number of urea groups is 1. The molecule has 0 aliphatic heterocycles. The Morgan fingerprint density at radius 3 is 2.39 bits per heavy atom. The summed E-state index contributed by atoms with van der Waals surface area (Å²) in [5.74, 6) is 0.173. The van der Waals surface area contributed by atoms with E-state index in [9.17, 15) is 18.7 Å². The van der Waals surface area contributed by atoms with Crippen molar-refractivity contribution in [1.82, 2.24) is 10.6 Å². The summed E-state index contributed by atoms with van der Waals surface area (Å²) in [6.45, 7) is 2.97. The van der Waals surface area contributed by atoms with Gasteiger partial charge in [0.1, 0.15) is 5.75 Å². The number of amides is 2. The van der Waals surface area contributed by atoms with Crippen molar-refractivity contribution in [3.05, 3.63) is 29.8 Å². The van der Waals surface area contributed by atoms with Crippen LogP contribution in [0.2, 0.25) is 0 Å². The molecule has 0 heterocycles. The van der Waals surface area contributed by atoms with Gasteiger partial charge in [0, 0.05) is 6.54 Å². The number of nitrogens with one attached hydrogen (secondary N) is 2. The molecule has 0 saturated heterocycles. The van der Waals surface area contributed by atoms with Crippen molar-refractivity contribution >= 4 is 6.03 Å². The van der Waals surface area contributed by atoms with Crippen molar-refractivity contribution < 1.29 is 23.4 Å². The van der Waals surface area contributed by atoms with Crippen LogP contribution in [0.5, 0.6) is 5.75 Å². The molecule has 0 spiro atoms. The van der Waals surface area contributed by atoms with E-state index in [1.165, 1.54) is 12.1 Å². The Labute approximate surface area is 135 Å². The van der Waals surface area contributed by atoms with Crippen LogP contribution in [0.1, 0.15) is 38.8 Å². The zero-order valence-corrected chi connectivity index (χ0v) is 13.6. The van der Waals surface area contributed by atoms with Crippen LogP contribution in [0.4, 0.5) is 13.6 Å². The minimum Gasteiger partial charge on any atom is -0.435 e. The number of hydrogen-bond acceptors (Lipinski definition) is 3. The van der Waals surface area contributed by atoms with Crippen LogP contribution in [0, 0.1) is 5.92 Å². The van der Waals surface area contributed by atoms with Gasteiger partial charge in [0.2, 0.25) is 0 Å². The van der Waals surface area contributed by atoms with Crippen LogP contribution in [0.3, 0.4) is 0 Å². The normalized spacial score (nSPS) is 14.9. The second-order valence-electron chi connectivity index (χ2n) is 5.48. The van der Waals surface area contributed by atoms with E-state index < -0.39 is 18.7 Å². The smallest absolute Gasteiger partial charge is 0.387 e. The van der Waals surface area contributed by atoms with Crippen molar-refractivity contribution in [2.24, 2.45) is 5.92 Å². The lowest BCUT2D eigenvalue weighted by Gasteiger charge is -2.19. The first-order chi connectivity index (χ1) is 10.8. The first kappa shape index (κ1) is 19.2. The van der Waals surface area contributed by atoms with Crippen LogP contribution >= 0.6 is 0 Å². The molecule has 0 saturated carbocycles. The Morgan fingerprint density at radius 2 is 1.87 bits per heavy atom. The van der Waals surface area contributed by atoms with Crippen molar-refractivity contribution in [3.8, 4) is 5.75 Å². The van der Waals surface area contributed by atoms with Gasteiger partial charge in [0.05, 0.1) is 12.1 Å². The van der Waals surface area contributed by atoms with E-state index in [1.807, 2.05) is 13.8 Å². The molecular weight excluding hydrogens is 306 g/mol. The third-order valence-electron chi connectivity index (χ3n) is 3.73. The lowest BCUT2D eigenvalue weighted by Crippen LogP contribution is -2.42. The molecule has 0 radical (unpaired) electrons. The lowest BCUT2D eigenvalue weighted by molar-refractivity contribution is -0.0498. The maximum Gasteiger partial charge on any atom is 0.387 e. The molecule has 7 heteroatoms. The van der Waals surface area contributed by atoms with E-state index in [0.29, 0.717) is 0 Å². The SMILES string of the molecule is CCC(C)C(O)CNC(=O)NC(C)c1ccc(OC(F)F)cc1. The highest BCUT2D eigenvalue weighted by molar-refractivity contribution is 5.74. The highest BCUT2D eigenvalue weighted by atomic mass is 19.3. The summed E-state index contributed by atoms with van der Waals surface area (Å²) in [5.41, 5.74) is 0.754. The van der Waals surface area contributed by atoms with E-state index in [0.717, 1.165) is 12.0 Å². The third-order valence-corrected chi connectivity index (χ3v) is 3.73. The van der Waals surface area contributed by atoms with Gasteiger partial charge in [-0.25, -0.2) is 4.79 Å². The number of aliphatic hydroxyl groups excluding tert-OH is 1. The number of rotatable bonds is 8. The fourth-order valence-corrected chi connectivity index (χ4v) is 1.94. The Bertz CT molecular complexity index is 483. The van der Waals surface area contributed by atoms with Gasteiger partial charge in [-0.3, -0.25) is 0 Å². The fourth-order valence-electron chi connectivity index (χ4n) is 1.94. The highest BCUT2D eigenvalue weighted by Gasteiger charge is 2.15. The molecule has 2 amide bonds. The first-order valence-corrected chi connectivity index (χ1v) is 7.60. The molecule has 5 nitrogen and oxygen atoms in total. The summed E-state index contributed by atoms with van der Waals surface area (Å²) in [5, 5.41) is 15.1. The standard InChI is InChI=1S/C16H24F2N2O3/c1-4-10(2)14(21)9-19-16(22)20-11(3)12-5-7-13(8-6-12)23-15(17)18/h5-8,10-11,14-15,21H,4,9H2,1-3H3,(H2,19,20,22). The van der Waals surface area contributed by atoms with Gasteiger partial charge in [-0.15, -0.1) is 0 Å². The molecule has 1 aromatic rings. The Hall–Kier alpha value is -1.89. The van der Waals surface area contributed by atoms with E-state index >= 15 is 0 Å².